The first kappa shape index (κ1) is 13.4. The Hall–Kier alpha value is -2.62. The Balaban J connectivity index is 1.87. The van der Waals surface area contributed by atoms with Crippen LogP contribution >= 0.6 is 0 Å². The molecule has 0 bridgehead atoms. The highest BCUT2D eigenvalue weighted by molar-refractivity contribution is 6.05. The number of anilines is 1. The third-order valence-corrected chi connectivity index (χ3v) is 3.47. The Bertz CT molecular complexity index is 805. The SMILES string of the molecule is CCc1ccc2[nH]c(C(=O)Nc3cccc(C)n3)cc2c1. The molecule has 0 saturated heterocycles. The molecule has 2 aromatic heterocycles. The number of hydrogen-bond acceptors (Lipinski definition) is 2. The van der Waals surface area contributed by atoms with Crippen LogP contribution in [0.3, 0.4) is 0 Å². The standard InChI is InChI=1S/C17H17N3O/c1-3-12-7-8-14-13(9-12)10-15(19-14)17(21)20-16-6-4-5-11(2)18-16/h4-10,19H,3H2,1-2H3,(H,18,20,21). The van der Waals surface area contributed by atoms with Crippen molar-refractivity contribution in [3.8, 4) is 0 Å². The molecule has 0 aliphatic rings. The van der Waals surface area contributed by atoms with Crippen LogP contribution in [-0.2, 0) is 6.42 Å². The lowest BCUT2D eigenvalue weighted by atomic mass is 10.1. The van der Waals surface area contributed by atoms with Crippen molar-refractivity contribution in [2.24, 2.45) is 0 Å². The minimum Gasteiger partial charge on any atom is -0.351 e. The number of aromatic amines is 1. The lowest BCUT2D eigenvalue weighted by Crippen LogP contribution is -2.13. The maximum Gasteiger partial charge on any atom is 0.273 e. The van der Waals surface area contributed by atoms with E-state index >= 15 is 0 Å². The Morgan fingerprint density at radius 3 is 2.86 bits per heavy atom. The van der Waals surface area contributed by atoms with Crippen LogP contribution in [0.4, 0.5) is 5.82 Å². The quantitative estimate of drug-likeness (QED) is 0.768. The second-order valence-corrected chi connectivity index (χ2v) is 5.08. The van der Waals surface area contributed by atoms with Gasteiger partial charge in [0.1, 0.15) is 11.5 Å². The van der Waals surface area contributed by atoms with E-state index in [1.165, 1.54) is 5.56 Å². The largest absolute Gasteiger partial charge is 0.351 e. The average Bonchev–Trinajstić information content (AvgIpc) is 2.90. The number of aromatic nitrogens is 2. The molecule has 0 aliphatic heterocycles. The molecule has 0 aliphatic carbocycles. The fraction of sp³-hybridized carbons (Fsp3) is 0.176. The molecule has 0 spiro atoms. The monoisotopic (exact) mass is 279 g/mol. The van der Waals surface area contributed by atoms with Gasteiger partial charge in [0.2, 0.25) is 0 Å². The molecule has 0 fully saturated rings. The molecule has 2 heterocycles. The van der Waals surface area contributed by atoms with E-state index in [4.69, 9.17) is 0 Å². The topological polar surface area (TPSA) is 57.8 Å². The van der Waals surface area contributed by atoms with Crippen molar-refractivity contribution in [2.45, 2.75) is 20.3 Å². The minimum absolute atomic E-state index is 0.178. The van der Waals surface area contributed by atoms with Crippen molar-refractivity contribution >= 4 is 22.6 Å². The number of nitrogens with one attached hydrogen (secondary N) is 2. The summed E-state index contributed by atoms with van der Waals surface area (Å²) in [5, 5.41) is 3.86. The number of rotatable bonds is 3. The number of amides is 1. The summed E-state index contributed by atoms with van der Waals surface area (Å²) in [4.78, 5) is 19.7. The van der Waals surface area contributed by atoms with Crippen molar-refractivity contribution in [2.75, 3.05) is 5.32 Å². The molecule has 3 rings (SSSR count). The van der Waals surface area contributed by atoms with Gasteiger partial charge >= 0.3 is 0 Å². The first-order valence-electron chi connectivity index (χ1n) is 7.02. The summed E-state index contributed by atoms with van der Waals surface area (Å²) in [6.07, 6.45) is 0.982. The van der Waals surface area contributed by atoms with Crippen molar-refractivity contribution in [1.82, 2.24) is 9.97 Å². The Morgan fingerprint density at radius 1 is 1.24 bits per heavy atom. The predicted octanol–water partition coefficient (Wildman–Crippen LogP) is 3.69. The number of H-pyrrole nitrogens is 1. The first-order valence-corrected chi connectivity index (χ1v) is 7.02. The van der Waals surface area contributed by atoms with Gasteiger partial charge in [0, 0.05) is 16.6 Å². The highest BCUT2D eigenvalue weighted by Crippen LogP contribution is 2.18. The number of benzene rings is 1. The van der Waals surface area contributed by atoms with Gasteiger partial charge in [0.25, 0.3) is 5.91 Å². The van der Waals surface area contributed by atoms with Gasteiger partial charge in [-0.1, -0.05) is 19.1 Å². The smallest absolute Gasteiger partial charge is 0.273 e. The van der Waals surface area contributed by atoms with E-state index in [0.717, 1.165) is 23.0 Å². The van der Waals surface area contributed by atoms with Gasteiger partial charge in [-0.2, -0.15) is 0 Å². The van der Waals surface area contributed by atoms with E-state index in [1.54, 1.807) is 6.07 Å². The zero-order chi connectivity index (χ0) is 14.8. The first-order chi connectivity index (χ1) is 10.2. The summed E-state index contributed by atoms with van der Waals surface area (Å²) < 4.78 is 0. The van der Waals surface area contributed by atoms with Crippen molar-refractivity contribution in [3.63, 3.8) is 0 Å². The van der Waals surface area contributed by atoms with E-state index in [1.807, 2.05) is 31.2 Å². The second kappa shape index (κ2) is 5.40. The number of carbonyl (C=O) groups excluding carboxylic acids is 1. The van der Waals surface area contributed by atoms with Crippen LogP contribution in [-0.4, -0.2) is 15.9 Å². The highest BCUT2D eigenvalue weighted by Gasteiger charge is 2.10. The molecule has 3 aromatic rings. The summed E-state index contributed by atoms with van der Waals surface area (Å²) in [6, 6.07) is 13.6. The Morgan fingerprint density at radius 2 is 2.10 bits per heavy atom. The molecular weight excluding hydrogens is 262 g/mol. The molecular formula is C17H17N3O. The summed E-state index contributed by atoms with van der Waals surface area (Å²) in [7, 11) is 0. The molecule has 0 saturated carbocycles. The molecule has 0 radical (unpaired) electrons. The van der Waals surface area contributed by atoms with E-state index in [2.05, 4.69) is 34.3 Å². The molecule has 0 atom stereocenters. The van der Waals surface area contributed by atoms with E-state index in [-0.39, 0.29) is 5.91 Å². The summed E-state index contributed by atoms with van der Waals surface area (Å²) >= 11 is 0. The van der Waals surface area contributed by atoms with Crippen molar-refractivity contribution in [3.05, 3.63) is 59.4 Å². The van der Waals surface area contributed by atoms with Gasteiger partial charge in [0.15, 0.2) is 0 Å². The van der Waals surface area contributed by atoms with Gasteiger partial charge in [-0.15, -0.1) is 0 Å². The van der Waals surface area contributed by atoms with Crippen LogP contribution < -0.4 is 5.32 Å². The molecule has 0 unspecified atom stereocenters. The number of carbonyl (C=O) groups is 1. The van der Waals surface area contributed by atoms with Crippen LogP contribution in [0, 0.1) is 6.92 Å². The minimum atomic E-state index is -0.178. The lowest BCUT2D eigenvalue weighted by molar-refractivity contribution is 0.102. The molecule has 21 heavy (non-hydrogen) atoms. The Kier molecular flexibility index (Phi) is 3.44. The molecule has 4 heteroatoms. The second-order valence-electron chi connectivity index (χ2n) is 5.08. The van der Waals surface area contributed by atoms with Crippen molar-refractivity contribution in [1.29, 1.82) is 0 Å². The normalized spacial score (nSPS) is 10.8. The molecule has 106 valence electrons. The maximum atomic E-state index is 12.3. The maximum absolute atomic E-state index is 12.3. The fourth-order valence-corrected chi connectivity index (χ4v) is 2.32. The molecule has 2 N–H and O–H groups in total. The van der Waals surface area contributed by atoms with Gasteiger partial charge in [-0.3, -0.25) is 4.79 Å². The van der Waals surface area contributed by atoms with E-state index < -0.39 is 0 Å². The zero-order valence-corrected chi connectivity index (χ0v) is 12.1. The number of nitrogens with zero attached hydrogens (tertiary/aromatic N) is 1. The zero-order valence-electron chi connectivity index (χ0n) is 12.1. The van der Waals surface area contributed by atoms with E-state index in [9.17, 15) is 4.79 Å². The molecule has 1 amide bonds. The predicted molar refractivity (Wildman–Crippen MR) is 84.6 cm³/mol. The summed E-state index contributed by atoms with van der Waals surface area (Å²) in [6.45, 7) is 4.01. The summed E-state index contributed by atoms with van der Waals surface area (Å²) in [5.74, 6) is 0.384. The molecule has 4 nitrogen and oxygen atoms in total. The highest BCUT2D eigenvalue weighted by atomic mass is 16.1. The fourth-order valence-electron chi connectivity index (χ4n) is 2.32. The van der Waals surface area contributed by atoms with Crippen LogP contribution in [0.25, 0.3) is 10.9 Å². The number of pyridine rings is 1. The van der Waals surface area contributed by atoms with Gasteiger partial charge in [0.05, 0.1) is 0 Å². The van der Waals surface area contributed by atoms with E-state index in [0.29, 0.717) is 11.5 Å². The third-order valence-electron chi connectivity index (χ3n) is 3.47. The number of hydrogen-bond donors (Lipinski definition) is 2. The van der Waals surface area contributed by atoms with Crippen molar-refractivity contribution < 1.29 is 4.79 Å². The number of aryl methyl sites for hydroxylation is 2. The van der Waals surface area contributed by atoms with Crippen LogP contribution in [0.2, 0.25) is 0 Å². The average molecular weight is 279 g/mol. The Labute approximate surface area is 123 Å². The van der Waals surface area contributed by atoms with Crippen LogP contribution in [0.5, 0.6) is 0 Å². The molecule has 1 aromatic carbocycles. The van der Waals surface area contributed by atoms with Gasteiger partial charge in [-0.05, 0) is 49.2 Å². The lowest BCUT2D eigenvalue weighted by Gasteiger charge is -2.03. The number of fused-ring (bicyclic) bond motifs is 1. The summed E-state index contributed by atoms with van der Waals surface area (Å²) in [5.41, 5.74) is 3.64. The van der Waals surface area contributed by atoms with Crippen LogP contribution in [0.15, 0.2) is 42.5 Å². The van der Waals surface area contributed by atoms with Gasteiger partial charge in [-0.25, -0.2) is 4.98 Å². The third kappa shape index (κ3) is 2.79. The van der Waals surface area contributed by atoms with Crippen LogP contribution in [0.1, 0.15) is 28.7 Å². The van der Waals surface area contributed by atoms with Gasteiger partial charge < -0.3 is 10.3 Å².